The zero-order valence-corrected chi connectivity index (χ0v) is 7.84. The lowest BCUT2D eigenvalue weighted by molar-refractivity contribution is -0.139. The van der Waals surface area contributed by atoms with Crippen LogP contribution in [0.1, 0.15) is 12.8 Å². The highest BCUT2D eigenvalue weighted by Gasteiger charge is 2.31. The Labute approximate surface area is 80.5 Å². The fraction of sp³-hybridized carbons (Fsp3) is 0.500. The van der Waals surface area contributed by atoms with Gasteiger partial charge in [0, 0.05) is 0 Å². The van der Waals surface area contributed by atoms with Gasteiger partial charge in [-0.25, -0.2) is 4.79 Å². The van der Waals surface area contributed by atoms with Crippen LogP contribution in [-0.2, 0) is 19.1 Å². The van der Waals surface area contributed by atoms with E-state index in [9.17, 15) is 9.59 Å². The van der Waals surface area contributed by atoms with Crippen molar-refractivity contribution in [1.29, 1.82) is 0 Å². The summed E-state index contributed by atoms with van der Waals surface area (Å²) in [6.07, 6.45) is 2.61. The molecule has 1 rings (SSSR count). The van der Waals surface area contributed by atoms with E-state index in [1.165, 1.54) is 7.11 Å². The van der Waals surface area contributed by atoms with Gasteiger partial charge in [0.1, 0.15) is 6.26 Å². The van der Waals surface area contributed by atoms with Crippen LogP contribution in [-0.4, -0.2) is 19.0 Å². The fourth-order valence-corrected chi connectivity index (χ4v) is 0.792. The molecule has 0 saturated heterocycles. The van der Waals surface area contributed by atoms with Gasteiger partial charge in [0.25, 0.3) is 0 Å². The molecule has 0 aromatic rings. The Morgan fingerprint density at radius 3 is 2.54 bits per heavy atom. The molecule has 72 valence electrons. The van der Waals surface area contributed by atoms with Gasteiger partial charge in [-0.3, -0.25) is 4.79 Å². The third-order valence-corrected chi connectivity index (χ3v) is 1.81. The number of hydrogen-bond donors (Lipinski definition) is 0. The highest BCUT2D eigenvalue weighted by Crippen LogP contribution is 2.30. The van der Waals surface area contributed by atoms with Crippen LogP contribution in [0, 0.1) is 5.92 Å². The third-order valence-electron chi connectivity index (χ3n) is 1.57. The Morgan fingerprint density at radius 2 is 2.08 bits per heavy atom. The van der Waals surface area contributed by atoms with Crippen LogP contribution < -0.4 is 0 Å². The molecule has 0 radical (unpaired) electrons. The maximum absolute atomic E-state index is 10.9. The molecule has 4 nitrogen and oxygen atoms in total. The molecule has 0 heterocycles. The van der Waals surface area contributed by atoms with Crippen molar-refractivity contribution in [2.45, 2.75) is 12.8 Å². The Hall–Kier alpha value is -1.03. The molecule has 13 heavy (non-hydrogen) atoms. The van der Waals surface area contributed by atoms with Gasteiger partial charge < -0.3 is 9.47 Å². The average Bonchev–Trinajstić information content (AvgIpc) is 2.95. The first-order valence-corrected chi connectivity index (χ1v) is 4.17. The predicted octanol–water partition coefficient (Wildman–Crippen LogP) is 1.19. The first-order valence-electron chi connectivity index (χ1n) is 3.79. The largest absolute Gasteiger partial charge is 0.465 e. The van der Waals surface area contributed by atoms with E-state index in [2.05, 4.69) is 9.47 Å². The second-order valence-corrected chi connectivity index (χ2v) is 3.08. The smallest absolute Gasteiger partial charge is 0.352 e. The Morgan fingerprint density at radius 1 is 1.46 bits per heavy atom. The van der Waals surface area contributed by atoms with E-state index in [0.29, 0.717) is 0 Å². The summed E-state index contributed by atoms with van der Waals surface area (Å²) in [5, 5.41) is -0.239. The summed E-state index contributed by atoms with van der Waals surface area (Å²) in [5.41, 5.74) is 0. The summed E-state index contributed by atoms with van der Waals surface area (Å²) in [6.45, 7) is 0. The van der Waals surface area contributed by atoms with Crippen molar-refractivity contribution in [2.24, 2.45) is 5.92 Å². The maximum atomic E-state index is 10.9. The first-order chi connectivity index (χ1) is 6.15. The monoisotopic (exact) mass is 204 g/mol. The number of halogens is 1. The van der Waals surface area contributed by atoms with Gasteiger partial charge in [0.05, 0.1) is 13.0 Å². The van der Waals surface area contributed by atoms with Gasteiger partial charge in [-0.1, -0.05) is 11.6 Å². The number of hydrogen-bond acceptors (Lipinski definition) is 4. The topological polar surface area (TPSA) is 52.6 Å². The van der Waals surface area contributed by atoms with E-state index in [1.807, 2.05) is 0 Å². The van der Waals surface area contributed by atoms with Crippen LogP contribution in [0.4, 0.5) is 0 Å². The van der Waals surface area contributed by atoms with Crippen molar-refractivity contribution in [1.82, 2.24) is 0 Å². The standard InChI is InChI=1S/C8H9ClO4/c1-12-8(11)6(9)4-13-7(10)5-2-3-5/h4-5H,2-3H2,1H3/b6-4+. The lowest BCUT2D eigenvalue weighted by atomic mass is 10.4. The van der Waals surface area contributed by atoms with Crippen molar-refractivity contribution >= 4 is 23.5 Å². The molecule has 0 amide bonds. The third kappa shape index (κ3) is 3.06. The molecule has 0 unspecified atom stereocenters. The second kappa shape index (κ2) is 4.28. The fourth-order valence-electron chi connectivity index (χ4n) is 0.671. The summed E-state index contributed by atoms with van der Waals surface area (Å²) >= 11 is 5.41. The van der Waals surface area contributed by atoms with Crippen molar-refractivity contribution in [2.75, 3.05) is 7.11 Å². The first kappa shape index (κ1) is 10.1. The number of esters is 2. The number of rotatable bonds is 3. The predicted molar refractivity (Wildman–Crippen MR) is 44.8 cm³/mol. The lowest BCUT2D eigenvalue weighted by Crippen LogP contribution is -2.05. The molecule has 0 N–H and O–H groups in total. The summed E-state index contributed by atoms with van der Waals surface area (Å²) in [6, 6.07) is 0. The molecule has 0 aliphatic heterocycles. The number of ether oxygens (including phenoxy) is 2. The Kier molecular flexibility index (Phi) is 3.31. The van der Waals surface area contributed by atoms with Crippen LogP contribution in [0.25, 0.3) is 0 Å². The van der Waals surface area contributed by atoms with E-state index in [4.69, 9.17) is 11.6 Å². The van der Waals surface area contributed by atoms with Crippen molar-refractivity contribution < 1.29 is 19.1 Å². The van der Waals surface area contributed by atoms with Crippen molar-refractivity contribution in [3.8, 4) is 0 Å². The molecule has 0 aromatic heterocycles. The highest BCUT2D eigenvalue weighted by molar-refractivity contribution is 6.41. The van der Waals surface area contributed by atoms with Crippen LogP contribution in [0.15, 0.2) is 11.3 Å². The Bertz CT molecular complexity index is 255. The van der Waals surface area contributed by atoms with Crippen molar-refractivity contribution in [3.05, 3.63) is 11.3 Å². The highest BCUT2D eigenvalue weighted by atomic mass is 35.5. The van der Waals surface area contributed by atoms with E-state index >= 15 is 0 Å². The molecule has 1 aliphatic rings. The van der Waals surface area contributed by atoms with E-state index in [0.717, 1.165) is 19.1 Å². The molecule has 0 atom stereocenters. The van der Waals surface area contributed by atoms with E-state index < -0.39 is 5.97 Å². The molecule has 5 heteroatoms. The quantitative estimate of drug-likeness (QED) is 0.394. The van der Waals surface area contributed by atoms with Gasteiger partial charge in [-0.05, 0) is 12.8 Å². The van der Waals surface area contributed by atoms with E-state index in [1.54, 1.807) is 0 Å². The molecule has 1 saturated carbocycles. The summed E-state index contributed by atoms with van der Waals surface area (Å²) in [7, 11) is 1.20. The van der Waals surface area contributed by atoms with Gasteiger partial charge >= 0.3 is 11.9 Å². The molecule has 0 aromatic carbocycles. The summed E-state index contributed by atoms with van der Waals surface area (Å²) in [4.78, 5) is 21.6. The van der Waals surface area contributed by atoms with Gasteiger partial charge in [-0.2, -0.15) is 0 Å². The molecule has 0 spiro atoms. The summed E-state index contributed by atoms with van der Waals surface area (Å²) < 4.78 is 8.91. The van der Waals surface area contributed by atoms with Crippen LogP contribution in [0.5, 0.6) is 0 Å². The Balaban J connectivity index is 2.37. The minimum Gasteiger partial charge on any atom is -0.465 e. The van der Waals surface area contributed by atoms with Crippen LogP contribution in [0.3, 0.4) is 0 Å². The SMILES string of the molecule is COC(=O)/C(Cl)=C\OC(=O)C1CC1. The molecule has 1 aliphatic carbocycles. The summed E-state index contributed by atoms with van der Waals surface area (Å²) in [5.74, 6) is -1.08. The van der Waals surface area contributed by atoms with Crippen LogP contribution >= 0.6 is 11.6 Å². The maximum Gasteiger partial charge on any atom is 0.352 e. The lowest BCUT2D eigenvalue weighted by Gasteiger charge is -1.97. The normalized spacial score (nSPS) is 16.6. The molecule has 1 fully saturated rings. The van der Waals surface area contributed by atoms with Gasteiger partial charge in [0.15, 0.2) is 5.03 Å². The minimum absolute atomic E-state index is 0.0154. The van der Waals surface area contributed by atoms with Gasteiger partial charge in [-0.15, -0.1) is 0 Å². The molecule has 0 bridgehead atoms. The molecular formula is C8H9ClO4. The van der Waals surface area contributed by atoms with Gasteiger partial charge in [0.2, 0.25) is 0 Å². The number of methoxy groups -OCH3 is 1. The average molecular weight is 205 g/mol. The van der Waals surface area contributed by atoms with Crippen LogP contribution in [0.2, 0.25) is 0 Å². The number of carbonyl (C=O) groups excluding carboxylic acids is 2. The van der Waals surface area contributed by atoms with E-state index in [-0.39, 0.29) is 16.9 Å². The zero-order chi connectivity index (χ0) is 9.84. The second-order valence-electron chi connectivity index (χ2n) is 2.67. The minimum atomic E-state index is -0.717. The zero-order valence-electron chi connectivity index (χ0n) is 7.08. The van der Waals surface area contributed by atoms with Crippen molar-refractivity contribution in [3.63, 3.8) is 0 Å². The molecular weight excluding hydrogens is 196 g/mol. The number of carbonyl (C=O) groups is 2.